The standard InChI is InChI=1S/C27H31ClFN5O4/c1-34-10-11-37-14-17(34)15-38-21-13-30-9-7-18(21)24-25(32-20-5-3-4-19(28)26(20)36-2)22-23(33-24)16(6-8-29)12-31-27(22)35/h3-5,7,9,13,16-17,32-33H,6,8,10-12,14-15H2,1-2H3,(H,31,35)/t16-,17+/m1/s1. The molecule has 3 aromatic rings. The van der Waals surface area contributed by atoms with E-state index in [2.05, 4.69) is 25.5 Å². The summed E-state index contributed by atoms with van der Waals surface area (Å²) in [4.78, 5) is 23.1. The predicted octanol–water partition coefficient (Wildman–Crippen LogP) is 4.38. The van der Waals surface area contributed by atoms with Crippen LogP contribution in [0.5, 0.6) is 11.5 Å². The Bertz CT molecular complexity index is 1300. The average molecular weight is 544 g/mol. The number of carbonyl (C=O) groups is 1. The largest absolute Gasteiger partial charge is 0.493 e. The lowest BCUT2D eigenvalue weighted by Gasteiger charge is -2.32. The van der Waals surface area contributed by atoms with E-state index in [0.717, 1.165) is 6.54 Å². The number of hydrogen-bond acceptors (Lipinski definition) is 7. The number of hydrogen-bond donors (Lipinski definition) is 3. The van der Waals surface area contributed by atoms with Crippen molar-refractivity contribution in [2.75, 3.05) is 59.1 Å². The van der Waals surface area contributed by atoms with E-state index in [4.69, 9.17) is 25.8 Å². The summed E-state index contributed by atoms with van der Waals surface area (Å²) in [5.74, 6) is 0.535. The van der Waals surface area contributed by atoms with Crippen LogP contribution < -0.4 is 20.1 Å². The molecule has 1 aromatic carbocycles. The number of likely N-dealkylation sites (N-methyl/N-ethyl adjacent to an activating group) is 1. The van der Waals surface area contributed by atoms with Crippen molar-refractivity contribution in [1.29, 1.82) is 0 Å². The number of nitrogens with one attached hydrogen (secondary N) is 3. The zero-order valence-corrected chi connectivity index (χ0v) is 22.1. The van der Waals surface area contributed by atoms with Crippen LogP contribution in [0.15, 0.2) is 36.7 Å². The maximum absolute atomic E-state index is 13.4. The number of H-pyrrole nitrogens is 1. The number of rotatable bonds is 9. The molecule has 1 saturated heterocycles. The minimum absolute atomic E-state index is 0.0988. The topological polar surface area (TPSA) is 101 Å². The van der Waals surface area contributed by atoms with E-state index in [1.807, 2.05) is 19.2 Å². The summed E-state index contributed by atoms with van der Waals surface area (Å²) in [6.45, 7) is 2.37. The van der Waals surface area contributed by atoms with Crippen molar-refractivity contribution >= 4 is 28.9 Å². The van der Waals surface area contributed by atoms with Gasteiger partial charge in [0.15, 0.2) is 5.75 Å². The number of benzene rings is 1. The Kier molecular flexibility index (Phi) is 8.01. The highest BCUT2D eigenvalue weighted by Gasteiger charge is 2.34. The lowest BCUT2D eigenvalue weighted by atomic mass is 9.94. The molecule has 2 atom stereocenters. The number of nitrogens with zero attached hydrogens (tertiary/aromatic N) is 2. The number of morpholine rings is 1. The number of alkyl halides is 1. The van der Waals surface area contributed by atoms with Crippen LogP contribution in [0.2, 0.25) is 5.02 Å². The second-order valence-electron chi connectivity index (χ2n) is 9.39. The van der Waals surface area contributed by atoms with Crippen molar-refractivity contribution in [3.8, 4) is 22.8 Å². The van der Waals surface area contributed by atoms with Crippen LogP contribution in [0.25, 0.3) is 11.3 Å². The number of para-hydroxylation sites is 1. The van der Waals surface area contributed by atoms with Crippen molar-refractivity contribution < 1.29 is 23.4 Å². The Morgan fingerprint density at radius 3 is 3.00 bits per heavy atom. The van der Waals surface area contributed by atoms with Gasteiger partial charge < -0.3 is 29.8 Å². The first kappa shape index (κ1) is 26.3. The number of aromatic amines is 1. The molecule has 5 rings (SSSR count). The SMILES string of the molecule is COc1c(Cl)cccc1Nc1c(-c2ccncc2OC[C@@H]2COCCN2C)[nH]c2c1C(=O)NC[C@H]2CCF. The molecule has 3 N–H and O–H groups in total. The van der Waals surface area contributed by atoms with Crippen molar-refractivity contribution in [3.05, 3.63) is 52.9 Å². The molecule has 0 unspecified atom stereocenters. The fourth-order valence-electron chi connectivity index (χ4n) is 4.92. The minimum Gasteiger partial charge on any atom is -0.493 e. The van der Waals surface area contributed by atoms with E-state index >= 15 is 0 Å². The number of halogens is 2. The number of pyridine rings is 1. The van der Waals surface area contributed by atoms with Gasteiger partial charge >= 0.3 is 0 Å². The van der Waals surface area contributed by atoms with E-state index < -0.39 is 6.67 Å². The lowest BCUT2D eigenvalue weighted by Crippen LogP contribution is -2.46. The molecule has 0 saturated carbocycles. The molecule has 0 spiro atoms. The molecule has 4 heterocycles. The molecule has 9 nitrogen and oxygen atoms in total. The van der Waals surface area contributed by atoms with Gasteiger partial charge in [0.1, 0.15) is 12.4 Å². The Labute approximate surface area is 225 Å². The van der Waals surface area contributed by atoms with Crippen molar-refractivity contribution in [2.24, 2.45) is 0 Å². The zero-order valence-electron chi connectivity index (χ0n) is 21.4. The molecule has 0 radical (unpaired) electrons. The fourth-order valence-corrected chi connectivity index (χ4v) is 5.17. The molecule has 1 fully saturated rings. The van der Waals surface area contributed by atoms with Gasteiger partial charge in [-0.3, -0.25) is 19.1 Å². The van der Waals surface area contributed by atoms with Gasteiger partial charge in [0.2, 0.25) is 0 Å². The third kappa shape index (κ3) is 5.16. The second kappa shape index (κ2) is 11.6. The number of amides is 1. The number of carbonyl (C=O) groups excluding carboxylic acids is 1. The molecule has 202 valence electrons. The number of anilines is 2. The van der Waals surface area contributed by atoms with Gasteiger partial charge in [0, 0.05) is 36.5 Å². The van der Waals surface area contributed by atoms with Gasteiger partial charge in [-0.2, -0.15) is 0 Å². The number of methoxy groups -OCH3 is 1. The van der Waals surface area contributed by atoms with Gasteiger partial charge in [0.05, 0.1) is 66.9 Å². The van der Waals surface area contributed by atoms with Crippen LogP contribution in [0.3, 0.4) is 0 Å². The van der Waals surface area contributed by atoms with Crippen LogP contribution >= 0.6 is 11.6 Å². The van der Waals surface area contributed by atoms with E-state index in [9.17, 15) is 9.18 Å². The quantitative estimate of drug-likeness (QED) is 0.368. The second-order valence-corrected chi connectivity index (χ2v) is 9.79. The minimum atomic E-state index is -0.500. The molecular weight excluding hydrogens is 513 g/mol. The van der Waals surface area contributed by atoms with E-state index in [-0.39, 0.29) is 24.3 Å². The molecule has 2 aliphatic heterocycles. The summed E-state index contributed by atoms with van der Waals surface area (Å²) >= 11 is 6.38. The third-order valence-corrected chi connectivity index (χ3v) is 7.37. The Balaban J connectivity index is 1.59. The first-order valence-corrected chi connectivity index (χ1v) is 12.9. The van der Waals surface area contributed by atoms with E-state index in [0.29, 0.717) is 76.8 Å². The van der Waals surface area contributed by atoms with Crippen LogP contribution in [0, 0.1) is 0 Å². The molecular formula is C27H31ClFN5O4. The smallest absolute Gasteiger partial charge is 0.255 e. The van der Waals surface area contributed by atoms with Gasteiger partial charge in [-0.25, -0.2) is 0 Å². The number of fused-ring (bicyclic) bond motifs is 1. The van der Waals surface area contributed by atoms with Crippen LogP contribution in [0.1, 0.15) is 28.4 Å². The highest BCUT2D eigenvalue weighted by molar-refractivity contribution is 6.32. The van der Waals surface area contributed by atoms with Crippen molar-refractivity contribution in [2.45, 2.75) is 18.4 Å². The summed E-state index contributed by atoms with van der Waals surface area (Å²) in [6, 6.07) is 7.26. The predicted molar refractivity (Wildman–Crippen MR) is 144 cm³/mol. The average Bonchev–Trinajstić information content (AvgIpc) is 3.30. The van der Waals surface area contributed by atoms with Crippen molar-refractivity contribution in [1.82, 2.24) is 20.2 Å². The highest BCUT2D eigenvalue weighted by Crippen LogP contribution is 2.44. The summed E-state index contributed by atoms with van der Waals surface area (Å²) in [5.41, 5.74) is 3.55. The third-order valence-electron chi connectivity index (χ3n) is 7.07. The van der Waals surface area contributed by atoms with Crippen LogP contribution in [-0.4, -0.2) is 80.6 Å². The fraction of sp³-hybridized carbons (Fsp3) is 0.407. The molecule has 2 aromatic heterocycles. The van der Waals surface area contributed by atoms with Gasteiger partial charge in [-0.15, -0.1) is 0 Å². The molecule has 1 amide bonds. The zero-order chi connectivity index (χ0) is 26.6. The van der Waals surface area contributed by atoms with E-state index in [1.54, 1.807) is 24.5 Å². The molecule has 0 bridgehead atoms. The molecule has 38 heavy (non-hydrogen) atoms. The molecule has 2 aliphatic rings. The molecule has 0 aliphatic carbocycles. The summed E-state index contributed by atoms with van der Waals surface area (Å²) in [7, 11) is 3.58. The maximum Gasteiger partial charge on any atom is 0.255 e. The lowest BCUT2D eigenvalue weighted by molar-refractivity contribution is -0.0107. The van der Waals surface area contributed by atoms with Crippen molar-refractivity contribution in [3.63, 3.8) is 0 Å². The maximum atomic E-state index is 13.4. The van der Waals surface area contributed by atoms with Gasteiger partial charge in [0.25, 0.3) is 5.91 Å². The summed E-state index contributed by atoms with van der Waals surface area (Å²) in [6.07, 6.45) is 3.60. The molecule has 11 heteroatoms. The Hall–Kier alpha value is -3.34. The number of ether oxygens (including phenoxy) is 3. The first-order chi connectivity index (χ1) is 18.5. The van der Waals surface area contributed by atoms with Crippen LogP contribution in [0.4, 0.5) is 15.8 Å². The van der Waals surface area contributed by atoms with Gasteiger partial charge in [-0.1, -0.05) is 17.7 Å². The Morgan fingerprint density at radius 1 is 1.34 bits per heavy atom. The van der Waals surface area contributed by atoms with Gasteiger partial charge in [-0.05, 0) is 31.7 Å². The van der Waals surface area contributed by atoms with E-state index in [1.165, 1.54) is 7.11 Å². The summed E-state index contributed by atoms with van der Waals surface area (Å²) in [5, 5.41) is 6.70. The Morgan fingerprint density at radius 2 is 2.21 bits per heavy atom. The normalized spacial score (nSPS) is 19.5. The van der Waals surface area contributed by atoms with Crippen LogP contribution in [-0.2, 0) is 4.74 Å². The monoisotopic (exact) mass is 543 g/mol. The first-order valence-electron chi connectivity index (χ1n) is 12.6. The number of aromatic nitrogens is 2. The highest BCUT2D eigenvalue weighted by atomic mass is 35.5. The summed E-state index contributed by atoms with van der Waals surface area (Å²) < 4.78 is 30.9.